The number of aliphatic hydroxyl groups is 2. The number of morpholine rings is 1. The van der Waals surface area contributed by atoms with Crippen LogP contribution in [0.25, 0.3) is 0 Å². The van der Waals surface area contributed by atoms with Crippen LogP contribution in [0.1, 0.15) is 82.9 Å². The van der Waals surface area contributed by atoms with Crippen LogP contribution in [0.3, 0.4) is 0 Å². The van der Waals surface area contributed by atoms with E-state index in [-0.39, 0.29) is 25.2 Å². The van der Waals surface area contributed by atoms with Gasteiger partial charge in [0.05, 0.1) is 36.9 Å². The first kappa shape index (κ1) is 39.9. The van der Waals surface area contributed by atoms with E-state index in [0.717, 1.165) is 50.5 Å². The van der Waals surface area contributed by atoms with Crippen LogP contribution in [-0.2, 0) is 41.8 Å². The number of nitrogens with one attached hydrogen (secondary N) is 3. The van der Waals surface area contributed by atoms with E-state index in [1.807, 2.05) is 30.3 Å². The molecule has 1 aliphatic heterocycles. The average Bonchev–Trinajstić information content (AvgIpc) is 3.89. The molecule has 1 saturated heterocycles. The fourth-order valence-corrected chi connectivity index (χ4v) is 9.29. The van der Waals surface area contributed by atoms with Crippen molar-refractivity contribution >= 4 is 27.6 Å². The molecule has 13 nitrogen and oxygen atoms in total. The molecule has 0 bridgehead atoms. The summed E-state index contributed by atoms with van der Waals surface area (Å²) in [5, 5.41) is 25.8. The number of rotatable bonds is 18. The van der Waals surface area contributed by atoms with Gasteiger partial charge in [-0.3, -0.25) is 14.4 Å². The van der Waals surface area contributed by atoms with Gasteiger partial charge in [-0.05, 0) is 63.4 Å². The number of aromatic amines is 1. The number of nitrogens with zero attached hydrogens (tertiary/aromatic N) is 2. The van der Waals surface area contributed by atoms with Gasteiger partial charge in [-0.25, -0.2) is 13.4 Å². The van der Waals surface area contributed by atoms with Gasteiger partial charge in [0.2, 0.25) is 17.7 Å². The van der Waals surface area contributed by atoms with E-state index in [1.165, 1.54) is 25.1 Å². The molecule has 2 aliphatic carbocycles. The lowest BCUT2D eigenvalue weighted by atomic mass is 9.82. The van der Waals surface area contributed by atoms with E-state index in [1.54, 1.807) is 6.20 Å². The van der Waals surface area contributed by atoms with E-state index >= 15 is 0 Å². The van der Waals surface area contributed by atoms with Gasteiger partial charge < -0.3 is 35.5 Å². The van der Waals surface area contributed by atoms with Crippen LogP contribution in [0.2, 0.25) is 0 Å². The molecular formula is C38H57N5O8S. The van der Waals surface area contributed by atoms with Gasteiger partial charge >= 0.3 is 0 Å². The Bertz CT molecular complexity index is 1540. The van der Waals surface area contributed by atoms with Crippen molar-refractivity contribution in [3.8, 4) is 0 Å². The molecule has 2 heterocycles. The summed E-state index contributed by atoms with van der Waals surface area (Å²) in [6.45, 7) is 4.28. The summed E-state index contributed by atoms with van der Waals surface area (Å²) in [5.74, 6) is -2.03. The van der Waals surface area contributed by atoms with Crippen LogP contribution in [0, 0.1) is 17.8 Å². The highest BCUT2D eigenvalue weighted by atomic mass is 32.2. The first-order valence-electron chi connectivity index (χ1n) is 19.0. The first-order valence-corrected chi connectivity index (χ1v) is 20.6. The Labute approximate surface area is 307 Å². The number of amides is 3. The third-order valence-corrected chi connectivity index (χ3v) is 13.7. The number of aliphatic hydroxyl groups excluding tert-OH is 2. The molecule has 5 N–H and O–H groups in total. The first-order chi connectivity index (χ1) is 24.9. The van der Waals surface area contributed by atoms with E-state index in [0.29, 0.717) is 44.3 Å². The lowest BCUT2D eigenvalue weighted by molar-refractivity contribution is -0.134. The topological polar surface area (TPSA) is 191 Å². The molecule has 52 heavy (non-hydrogen) atoms. The van der Waals surface area contributed by atoms with E-state index in [9.17, 15) is 33.0 Å². The Morgan fingerprint density at radius 3 is 2.29 bits per heavy atom. The van der Waals surface area contributed by atoms with Crippen LogP contribution in [0.15, 0.2) is 42.9 Å². The van der Waals surface area contributed by atoms with Crippen molar-refractivity contribution < 1.29 is 37.8 Å². The summed E-state index contributed by atoms with van der Waals surface area (Å²) < 4.78 is 32.9. The Morgan fingerprint density at radius 1 is 0.962 bits per heavy atom. The van der Waals surface area contributed by atoms with Gasteiger partial charge in [-0.15, -0.1) is 0 Å². The second-order valence-electron chi connectivity index (χ2n) is 15.1. The second kappa shape index (κ2) is 18.6. The van der Waals surface area contributed by atoms with E-state index < -0.39 is 68.3 Å². The van der Waals surface area contributed by atoms with Crippen LogP contribution >= 0.6 is 0 Å². The maximum Gasteiger partial charge on any atom is 0.243 e. The normalized spacial score (nSPS) is 21.3. The number of aromatic nitrogens is 2. The fourth-order valence-electron chi connectivity index (χ4n) is 7.67. The molecule has 2 unspecified atom stereocenters. The van der Waals surface area contributed by atoms with Crippen molar-refractivity contribution in [3.63, 3.8) is 0 Å². The highest BCUT2D eigenvalue weighted by molar-refractivity contribution is 7.93. The van der Waals surface area contributed by atoms with Gasteiger partial charge in [0.1, 0.15) is 17.4 Å². The van der Waals surface area contributed by atoms with Crippen molar-refractivity contribution in [1.29, 1.82) is 0 Å². The molecule has 5 rings (SSSR count). The molecule has 1 aromatic heterocycles. The van der Waals surface area contributed by atoms with Crippen molar-refractivity contribution in [1.82, 2.24) is 25.5 Å². The lowest BCUT2D eigenvalue weighted by Gasteiger charge is -2.33. The number of carbonyl (C=O) groups is 3. The molecule has 288 valence electrons. The monoisotopic (exact) mass is 743 g/mol. The second-order valence-corrected chi connectivity index (χ2v) is 17.8. The number of ether oxygens (including phenoxy) is 1. The van der Waals surface area contributed by atoms with Crippen LogP contribution < -0.4 is 10.6 Å². The van der Waals surface area contributed by atoms with Crippen molar-refractivity contribution in [2.75, 3.05) is 26.3 Å². The van der Waals surface area contributed by atoms with E-state index in [2.05, 4.69) is 20.6 Å². The molecule has 1 aromatic carbocycles. The Kier molecular flexibility index (Phi) is 14.3. The predicted octanol–water partition coefficient (Wildman–Crippen LogP) is 2.32. The molecule has 3 fully saturated rings. The summed E-state index contributed by atoms with van der Waals surface area (Å²) in [4.78, 5) is 50.2. The molecule has 0 radical (unpaired) electrons. The number of sulfone groups is 1. The van der Waals surface area contributed by atoms with Crippen LogP contribution in [-0.4, -0.2) is 112 Å². The number of hydrogen-bond donors (Lipinski definition) is 5. The van der Waals surface area contributed by atoms with E-state index in [4.69, 9.17) is 4.74 Å². The zero-order valence-corrected chi connectivity index (χ0v) is 31.3. The molecular weight excluding hydrogens is 687 g/mol. The zero-order valence-electron chi connectivity index (χ0n) is 30.5. The quantitative estimate of drug-likeness (QED) is 0.153. The van der Waals surface area contributed by atoms with Gasteiger partial charge in [-0.2, -0.15) is 0 Å². The van der Waals surface area contributed by atoms with Crippen LogP contribution in [0.5, 0.6) is 0 Å². The number of imidazole rings is 1. The molecule has 3 amide bonds. The zero-order chi connectivity index (χ0) is 37.3. The Hall–Kier alpha value is -3.33. The summed E-state index contributed by atoms with van der Waals surface area (Å²) in [6.07, 6.45) is 8.67. The Balaban J connectivity index is 1.35. The molecule has 14 heteroatoms. The summed E-state index contributed by atoms with van der Waals surface area (Å²) >= 11 is 0. The van der Waals surface area contributed by atoms with Crippen molar-refractivity contribution in [2.24, 2.45) is 17.8 Å². The lowest BCUT2D eigenvalue weighted by Crippen LogP contribution is -2.56. The highest BCUT2D eigenvalue weighted by Crippen LogP contribution is 2.36. The predicted molar refractivity (Wildman–Crippen MR) is 196 cm³/mol. The number of benzene rings is 1. The third-order valence-electron chi connectivity index (χ3n) is 11.2. The third kappa shape index (κ3) is 10.9. The highest BCUT2D eigenvalue weighted by Gasteiger charge is 2.41. The van der Waals surface area contributed by atoms with Crippen LogP contribution in [0.4, 0.5) is 0 Å². The fraction of sp³-hybridized carbons (Fsp3) is 0.684. The van der Waals surface area contributed by atoms with Gasteiger partial charge in [-0.1, -0.05) is 62.4 Å². The maximum absolute atomic E-state index is 14.3. The number of hydrogen-bond acceptors (Lipinski definition) is 9. The minimum absolute atomic E-state index is 0.00476. The molecule has 2 aromatic rings. The molecule has 7 atom stereocenters. The Morgan fingerprint density at radius 2 is 1.65 bits per heavy atom. The molecule has 2 saturated carbocycles. The summed E-state index contributed by atoms with van der Waals surface area (Å²) in [7, 11) is -4.00. The average molecular weight is 744 g/mol. The molecule has 3 aliphatic rings. The maximum atomic E-state index is 14.3. The van der Waals surface area contributed by atoms with Gasteiger partial charge in [0.25, 0.3) is 0 Å². The largest absolute Gasteiger partial charge is 0.390 e. The smallest absolute Gasteiger partial charge is 0.243 e. The minimum Gasteiger partial charge on any atom is -0.390 e. The SMILES string of the molecule is CC(C[C@H](Cc1ccccc1)C(=O)N[C@@H](Cc1cnc[nH]1)C(=O)N[C@@H](CC1CCCCC1)[C@@H](O)[C@@H](O)C1CC1)S(=O)(=O)C(C)C(=O)N1CCOCC1. The number of carbonyl (C=O) groups excluding carboxylic acids is 3. The number of H-pyrrole nitrogens is 1. The summed E-state index contributed by atoms with van der Waals surface area (Å²) in [5.41, 5.74) is 1.43. The van der Waals surface area contributed by atoms with Crippen molar-refractivity contribution in [2.45, 2.75) is 119 Å². The standard InChI is InChI=1S/C38H57N5O8S/c1-25(52(49,50)26(2)38(48)43-15-17-51-18-16-43)19-30(20-27-9-5-3-6-10-27)36(46)42-33(22-31-23-39-24-40-31)37(47)41-32(21-28-11-7-4-8-12-28)35(45)34(44)29-13-14-29/h3,5-6,9-10,23-26,28-30,32-35,44-45H,4,7-8,11-22H2,1-2H3,(H,39,40)(H,41,47)(H,42,46)/t25?,26?,30-,32+,33+,34+,35-/m1/s1. The summed E-state index contributed by atoms with van der Waals surface area (Å²) in [6, 6.07) is 7.48. The van der Waals surface area contributed by atoms with Gasteiger partial charge in [0, 0.05) is 37.3 Å². The minimum atomic E-state index is -4.00. The molecule has 0 spiro atoms. The van der Waals surface area contributed by atoms with Gasteiger partial charge in [0.15, 0.2) is 9.84 Å². The van der Waals surface area contributed by atoms with Crippen molar-refractivity contribution in [3.05, 3.63) is 54.1 Å².